The first-order valence-corrected chi connectivity index (χ1v) is 9.60. The third-order valence-electron chi connectivity index (χ3n) is 6.04. The fourth-order valence-electron chi connectivity index (χ4n) is 4.54. The molecule has 4 rings (SSSR count). The van der Waals surface area contributed by atoms with Crippen LogP contribution in [0.4, 0.5) is 0 Å². The number of carboxylic acids is 1. The molecule has 0 spiro atoms. The molecule has 0 radical (unpaired) electrons. The van der Waals surface area contributed by atoms with E-state index in [4.69, 9.17) is 4.42 Å². The number of hydrogen-bond donors (Lipinski definition) is 1. The number of hydrogen-bond acceptors (Lipinski definition) is 4. The maximum absolute atomic E-state index is 12.5. The van der Waals surface area contributed by atoms with Crippen molar-refractivity contribution in [1.29, 1.82) is 0 Å². The molecule has 1 aliphatic carbocycles. The average Bonchev–Trinajstić information content (AvgIpc) is 3.36. The molecule has 2 fully saturated rings. The molecule has 1 saturated heterocycles. The van der Waals surface area contributed by atoms with E-state index >= 15 is 0 Å². The molecule has 1 aromatic heterocycles. The van der Waals surface area contributed by atoms with E-state index in [1.165, 1.54) is 0 Å². The van der Waals surface area contributed by atoms with Crippen LogP contribution in [-0.2, 0) is 16.0 Å². The second-order valence-electron chi connectivity index (χ2n) is 7.66. The Morgan fingerprint density at radius 3 is 2.85 bits per heavy atom. The Labute approximate surface area is 158 Å². The van der Waals surface area contributed by atoms with Crippen molar-refractivity contribution in [1.82, 2.24) is 9.88 Å². The summed E-state index contributed by atoms with van der Waals surface area (Å²) >= 11 is 0. The van der Waals surface area contributed by atoms with Gasteiger partial charge in [-0.15, -0.1) is 0 Å². The van der Waals surface area contributed by atoms with Gasteiger partial charge in [-0.25, -0.2) is 4.98 Å². The van der Waals surface area contributed by atoms with Gasteiger partial charge in [0.05, 0.1) is 11.6 Å². The number of carboxylic acid groups (broad SMARTS) is 1. The minimum atomic E-state index is -0.742. The highest BCUT2D eigenvalue weighted by atomic mass is 16.4. The van der Waals surface area contributed by atoms with E-state index in [1.807, 2.05) is 30.3 Å². The number of amides is 1. The molecule has 6 nitrogen and oxygen atoms in total. The van der Waals surface area contributed by atoms with Crippen molar-refractivity contribution in [3.63, 3.8) is 0 Å². The Morgan fingerprint density at radius 1 is 1.30 bits per heavy atom. The summed E-state index contributed by atoms with van der Waals surface area (Å²) in [6.45, 7) is 0.950. The third kappa shape index (κ3) is 3.36. The smallest absolute Gasteiger partial charge is 0.311 e. The lowest BCUT2D eigenvalue weighted by Crippen LogP contribution is -2.37. The minimum absolute atomic E-state index is 0.0415. The van der Waals surface area contributed by atoms with E-state index in [1.54, 1.807) is 11.1 Å². The van der Waals surface area contributed by atoms with E-state index in [0.29, 0.717) is 44.7 Å². The van der Waals surface area contributed by atoms with Gasteiger partial charge in [0.25, 0.3) is 0 Å². The Morgan fingerprint density at radius 2 is 2.11 bits per heavy atom. The first-order chi connectivity index (χ1) is 13.1. The van der Waals surface area contributed by atoms with E-state index < -0.39 is 11.4 Å². The number of carbonyl (C=O) groups is 2. The highest BCUT2D eigenvalue weighted by Crippen LogP contribution is 2.49. The molecule has 27 heavy (non-hydrogen) atoms. The van der Waals surface area contributed by atoms with Crippen molar-refractivity contribution in [2.24, 2.45) is 11.3 Å². The minimum Gasteiger partial charge on any atom is -0.481 e. The molecule has 2 atom stereocenters. The van der Waals surface area contributed by atoms with Crippen LogP contribution in [-0.4, -0.2) is 40.0 Å². The predicted molar refractivity (Wildman–Crippen MR) is 98.9 cm³/mol. The molecular formula is C21H24N2O4. The molecule has 0 unspecified atom stereocenters. The molecule has 2 aliphatic rings. The SMILES string of the molecule is O=C(CCCc1ncc(-c2ccccc2)o1)N1C[C@@H]2CCC[C@@]2(C(=O)O)C1. The Hall–Kier alpha value is -2.63. The second kappa shape index (κ2) is 7.18. The maximum atomic E-state index is 12.5. The number of carbonyl (C=O) groups excluding carboxylic acids is 1. The lowest BCUT2D eigenvalue weighted by atomic mass is 9.81. The van der Waals surface area contributed by atoms with Crippen molar-refractivity contribution in [3.05, 3.63) is 42.4 Å². The van der Waals surface area contributed by atoms with Gasteiger partial charge in [-0.2, -0.15) is 0 Å². The predicted octanol–water partition coefficient (Wildman–Crippen LogP) is 3.38. The second-order valence-corrected chi connectivity index (χ2v) is 7.66. The van der Waals surface area contributed by atoms with Crippen molar-refractivity contribution < 1.29 is 19.1 Å². The molecule has 142 valence electrons. The number of likely N-dealkylation sites (tertiary alicyclic amines) is 1. The number of aryl methyl sites for hydroxylation is 1. The van der Waals surface area contributed by atoms with Crippen molar-refractivity contribution in [3.8, 4) is 11.3 Å². The van der Waals surface area contributed by atoms with Gasteiger partial charge < -0.3 is 14.4 Å². The summed E-state index contributed by atoms with van der Waals surface area (Å²) in [6.07, 6.45) is 5.90. The third-order valence-corrected chi connectivity index (χ3v) is 6.04. The molecule has 1 amide bonds. The zero-order valence-electron chi connectivity index (χ0n) is 15.3. The summed E-state index contributed by atoms with van der Waals surface area (Å²) in [5, 5.41) is 9.64. The molecule has 2 aromatic rings. The van der Waals surface area contributed by atoms with E-state index in [0.717, 1.165) is 24.2 Å². The summed E-state index contributed by atoms with van der Waals surface area (Å²) in [5.74, 6) is 0.766. The number of benzene rings is 1. The molecule has 1 aromatic carbocycles. The van der Waals surface area contributed by atoms with Crippen molar-refractivity contribution >= 4 is 11.9 Å². The summed E-state index contributed by atoms with van der Waals surface area (Å²) in [5.41, 5.74) is 0.276. The molecule has 6 heteroatoms. The van der Waals surface area contributed by atoms with Crippen molar-refractivity contribution in [2.75, 3.05) is 13.1 Å². The van der Waals surface area contributed by atoms with Gasteiger partial charge in [0.1, 0.15) is 0 Å². The van der Waals surface area contributed by atoms with Crippen LogP contribution in [0.1, 0.15) is 38.0 Å². The van der Waals surface area contributed by atoms with E-state index in [-0.39, 0.29) is 11.8 Å². The molecule has 1 N–H and O–H groups in total. The van der Waals surface area contributed by atoms with Gasteiger partial charge in [-0.3, -0.25) is 9.59 Å². The summed E-state index contributed by atoms with van der Waals surface area (Å²) in [6, 6.07) is 9.79. The van der Waals surface area contributed by atoms with Crippen LogP contribution < -0.4 is 0 Å². The standard InChI is InChI=1S/C21H24N2O4/c24-19(23-13-16-8-5-11-21(16,14-23)20(25)26)10-4-9-18-22-12-17(27-18)15-6-2-1-3-7-15/h1-3,6-7,12,16H,4-5,8-11,13-14H2,(H,25,26)/t16-,21+/m0/s1. The number of oxazole rings is 1. The fourth-order valence-corrected chi connectivity index (χ4v) is 4.54. The topological polar surface area (TPSA) is 83.6 Å². The van der Waals surface area contributed by atoms with Crippen molar-refractivity contribution in [2.45, 2.75) is 38.5 Å². The van der Waals surface area contributed by atoms with Crippen LogP contribution in [0, 0.1) is 11.3 Å². The number of aromatic nitrogens is 1. The largest absolute Gasteiger partial charge is 0.481 e. The van der Waals surface area contributed by atoms with Crippen LogP contribution in [0.3, 0.4) is 0 Å². The quantitative estimate of drug-likeness (QED) is 0.845. The van der Waals surface area contributed by atoms with Crippen LogP contribution >= 0.6 is 0 Å². The lowest BCUT2D eigenvalue weighted by Gasteiger charge is -2.23. The van der Waals surface area contributed by atoms with Gasteiger partial charge in [0.15, 0.2) is 11.7 Å². The van der Waals surface area contributed by atoms with Crippen LogP contribution in [0.2, 0.25) is 0 Å². The van der Waals surface area contributed by atoms with Crippen LogP contribution in [0.25, 0.3) is 11.3 Å². The monoisotopic (exact) mass is 368 g/mol. The van der Waals surface area contributed by atoms with Gasteiger partial charge >= 0.3 is 5.97 Å². The molecular weight excluding hydrogens is 344 g/mol. The number of aliphatic carboxylic acids is 1. The molecule has 2 heterocycles. The molecule has 0 bridgehead atoms. The zero-order valence-corrected chi connectivity index (χ0v) is 15.3. The highest BCUT2D eigenvalue weighted by molar-refractivity contribution is 5.81. The summed E-state index contributed by atoms with van der Waals surface area (Å²) in [4.78, 5) is 30.3. The lowest BCUT2D eigenvalue weighted by molar-refractivity contribution is -0.149. The summed E-state index contributed by atoms with van der Waals surface area (Å²) < 4.78 is 5.77. The average molecular weight is 368 g/mol. The number of rotatable bonds is 6. The molecule has 1 aliphatic heterocycles. The van der Waals surface area contributed by atoms with E-state index in [2.05, 4.69) is 4.98 Å². The Kier molecular flexibility index (Phi) is 4.72. The first kappa shape index (κ1) is 17.8. The number of fused-ring (bicyclic) bond motifs is 1. The van der Waals surface area contributed by atoms with Crippen LogP contribution in [0.15, 0.2) is 40.9 Å². The zero-order chi connectivity index (χ0) is 18.9. The summed E-state index contributed by atoms with van der Waals surface area (Å²) in [7, 11) is 0. The Balaban J connectivity index is 1.29. The Bertz CT molecular complexity index is 832. The van der Waals surface area contributed by atoms with E-state index in [9.17, 15) is 14.7 Å². The normalized spacial score (nSPS) is 24.1. The molecule has 1 saturated carbocycles. The van der Waals surface area contributed by atoms with Gasteiger partial charge in [-0.1, -0.05) is 36.8 Å². The first-order valence-electron chi connectivity index (χ1n) is 9.60. The van der Waals surface area contributed by atoms with Crippen LogP contribution in [0.5, 0.6) is 0 Å². The maximum Gasteiger partial charge on any atom is 0.311 e. The van der Waals surface area contributed by atoms with Gasteiger partial charge in [0.2, 0.25) is 5.91 Å². The highest BCUT2D eigenvalue weighted by Gasteiger charge is 2.55. The van der Waals surface area contributed by atoms with Gasteiger partial charge in [-0.05, 0) is 25.2 Å². The fraction of sp³-hybridized carbons (Fsp3) is 0.476. The van der Waals surface area contributed by atoms with Gasteiger partial charge in [0, 0.05) is 31.5 Å². The number of nitrogens with zero attached hydrogens (tertiary/aromatic N) is 2.